The molecular formula is C25H41N4O5S+. The van der Waals surface area contributed by atoms with Crippen molar-refractivity contribution in [2.24, 2.45) is 0 Å². The number of hydrogen-bond acceptors (Lipinski definition) is 8. The third-order valence-electron chi connectivity index (χ3n) is 6.28. The van der Waals surface area contributed by atoms with Crippen LogP contribution in [0.4, 0.5) is 4.79 Å². The summed E-state index contributed by atoms with van der Waals surface area (Å²) >= 11 is 1.16. The Balaban J connectivity index is 1.55. The molecule has 2 atom stereocenters. The molecule has 0 aromatic carbocycles. The molecule has 1 aromatic heterocycles. The van der Waals surface area contributed by atoms with Crippen LogP contribution in [0.15, 0.2) is 6.08 Å². The van der Waals surface area contributed by atoms with Crippen molar-refractivity contribution in [2.45, 2.75) is 84.3 Å². The largest absolute Gasteiger partial charge is 0.475 e. The van der Waals surface area contributed by atoms with Gasteiger partial charge in [-0.25, -0.2) is 9.59 Å². The third-order valence-corrected chi connectivity index (χ3v) is 6.79. The van der Waals surface area contributed by atoms with Gasteiger partial charge in [-0.2, -0.15) is 4.37 Å². The average molecular weight is 510 g/mol. The Bertz CT molecular complexity index is 897. The molecule has 0 spiro atoms. The summed E-state index contributed by atoms with van der Waals surface area (Å²) in [5, 5.41) is 0. The number of nitrogens with zero attached hydrogens (tertiary/aromatic N) is 4. The van der Waals surface area contributed by atoms with Crippen LogP contribution in [-0.2, 0) is 14.3 Å². The summed E-state index contributed by atoms with van der Waals surface area (Å²) in [6, 6.07) is -0.591. The Kier molecular flexibility index (Phi) is 9.52. The number of carbonyl (C=O) groups excluding carboxylic acids is 2. The summed E-state index contributed by atoms with van der Waals surface area (Å²) in [5.74, 6) is 0.234. The van der Waals surface area contributed by atoms with Gasteiger partial charge in [0, 0.05) is 18.5 Å². The summed E-state index contributed by atoms with van der Waals surface area (Å²) in [5.41, 5.74) is 1.27. The lowest BCUT2D eigenvalue weighted by Gasteiger charge is -2.37. The van der Waals surface area contributed by atoms with Crippen molar-refractivity contribution in [3.63, 3.8) is 0 Å². The summed E-state index contributed by atoms with van der Waals surface area (Å²) in [7, 11) is 2.08. The lowest BCUT2D eigenvalue weighted by atomic mass is 10.1. The van der Waals surface area contributed by atoms with Gasteiger partial charge in [0.2, 0.25) is 6.73 Å². The number of rotatable bonds is 10. The number of hydrogen-bond donors (Lipinski definition) is 0. The van der Waals surface area contributed by atoms with Gasteiger partial charge in [-0.3, -0.25) is 9.38 Å². The first-order valence-electron chi connectivity index (χ1n) is 12.8. The summed E-state index contributed by atoms with van der Waals surface area (Å²) in [6.07, 6.45) is 8.49. The van der Waals surface area contributed by atoms with Crippen molar-refractivity contribution in [3.8, 4) is 5.88 Å². The molecule has 9 nitrogen and oxygen atoms in total. The average Bonchev–Trinajstić information content (AvgIpc) is 3.46. The van der Waals surface area contributed by atoms with Crippen LogP contribution in [0.3, 0.4) is 0 Å². The maximum Gasteiger partial charge on any atom is 0.411 e. The van der Waals surface area contributed by atoms with Gasteiger partial charge in [-0.05, 0) is 40.0 Å². The van der Waals surface area contributed by atoms with Gasteiger partial charge < -0.3 is 14.2 Å². The minimum Gasteiger partial charge on any atom is -0.475 e. The van der Waals surface area contributed by atoms with Crippen LogP contribution >= 0.6 is 11.7 Å². The van der Waals surface area contributed by atoms with Gasteiger partial charge in [-0.1, -0.05) is 32.3 Å². The Hall–Kier alpha value is -2.20. The number of ether oxygens (including phenoxy) is 3. The second kappa shape index (κ2) is 12.2. The maximum absolute atomic E-state index is 12.9. The van der Waals surface area contributed by atoms with E-state index in [-0.39, 0.29) is 12.7 Å². The predicted molar refractivity (Wildman–Crippen MR) is 135 cm³/mol. The van der Waals surface area contributed by atoms with E-state index in [0.717, 1.165) is 55.2 Å². The first-order valence-corrected chi connectivity index (χ1v) is 13.5. The molecule has 0 bridgehead atoms. The second-order valence-electron chi connectivity index (χ2n) is 10.8. The smallest absolute Gasteiger partial charge is 0.411 e. The van der Waals surface area contributed by atoms with Crippen LogP contribution in [0.5, 0.6) is 5.88 Å². The van der Waals surface area contributed by atoms with E-state index >= 15 is 0 Å². The predicted octanol–water partition coefficient (Wildman–Crippen LogP) is 4.63. The van der Waals surface area contributed by atoms with Crippen LogP contribution < -0.4 is 4.74 Å². The zero-order valence-electron chi connectivity index (χ0n) is 21.9. The van der Waals surface area contributed by atoms with Crippen LogP contribution in [0.2, 0.25) is 0 Å². The minimum atomic E-state index is -0.605. The van der Waals surface area contributed by atoms with Gasteiger partial charge >= 0.3 is 12.1 Å². The van der Waals surface area contributed by atoms with E-state index in [2.05, 4.69) is 28.8 Å². The van der Waals surface area contributed by atoms with Gasteiger partial charge in [0.25, 0.3) is 5.88 Å². The Labute approximate surface area is 213 Å². The fourth-order valence-corrected chi connectivity index (χ4v) is 4.95. The molecule has 2 aliphatic heterocycles. The van der Waals surface area contributed by atoms with E-state index in [1.54, 1.807) is 0 Å². The van der Waals surface area contributed by atoms with E-state index in [9.17, 15) is 9.59 Å². The summed E-state index contributed by atoms with van der Waals surface area (Å²) < 4.78 is 26.6. The van der Waals surface area contributed by atoms with E-state index in [0.29, 0.717) is 36.5 Å². The zero-order valence-corrected chi connectivity index (χ0v) is 22.7. The maximum atomic E-state index is 12.9. The van der Waals surface area contributed by atoms with Gasteiger partial charge in [0.15, 0.2) is 0 Å². The van der Waals surface area contributed by atoms with Crippen molar-refractivity contribution >= 4 is 29.4 Å². The molecule has 1 aromatic rings. The van der Waals surface area contributed by atoms with Crippen molar-refractivity contribution in [1.82, 2.24) is 13.6 Å². The highest BCUT2D eigenvalue weighted by atomic mass is 32.1. The molecule has 0 radical (unpaired) electrons. The van der Waals surface area contributed by atoms with Crippen LogP contribution in [0, 0.1) is 0 Å². The Morgan fingerprint density at radius 3 is 2.77 bits per heavy atom. The fraction of sp³-hybridized carbons (Fsp3) is 0.760. The highest BCUT2D eigenvalue weighted by Gasteiger charge is 2.39. The van der Waals surface area contributed by atoms with E-state index in [1.165, 1.54) is 17.7 Å². The molecule has 0 N–H and O–H groups in total. The topological polar surface area (TPSA) is 90.9 Å². The first kappa shape index (κ1) is 27.4. The quantitative estimate of drug-likeness (QED) is 0.258. The van der Waals surface area contributed by atoms with Crippen LogP contribution in [-0.4, -0.2) is 81.9 Å². The molecule has 1 amide bonds. The zero-order chi connectivity index (χ0) is 25.5. The lowest BCUT2D eigenvalue weighted by Crippen LogP contribution is -2.51. The summed E-state index contributed by atoms with van der Waals surface area (Å²) in [4.78, 5) is 27.0. The number of likely N-dealkylation sites (N-methyl/N-ethyl adjacent to an activating group) is 1. The molecule has 35 heavy (non-hydrogen) atoms. The normalized spacial score (nSPS) is 22.6. The van der Waals surface area contributed by atoms with E-state index in [1.807, 2.05) is 20.8 Å². The summed E-state index contributed by atoms with van der Waals surface area (Å²) in [6.45, 7) is 10.6. The van der Waals surface area contributed by atoms with Gasteiger partial charge in [0.1, 0.15) is 23.9 Å². The number of esters is 1. The van der Waals surface area contributed by atoms with Crippen molar-refractivity contribution < 1.29 is 28.3 Å². The van der Waals surface area contributed by atoms with Crippen LogP contribution in [0.1, 0.15) is 78.3 Å². The number of likely N-dealkylation sites (tertiary alicyclic amines) is 1. The molecule has 3 rings (SSSR count). The SMILES string of the molecule is CCCCCCOc1nsnc1C1=CCC[N+](C)(COC(=O)[C@@H]2CCCN2C(=O)OC(C)(C)C)C1. The molecule has 0 saturated carbocycles. The van der Waals surface area contributed by atoms with E-state index in [4.69, 9.17) is 14.2 Å². The minimum absolute atomic E-state index is 0.236. The molecule has 10 heteroatoms. The standard InChI is InChI=1S/C25H41N4O5S/c1-6-7-8-9-16-32-22-21(26-35-27-22)19-12-11-15-29(5,17-19)18-33-23(30)20-13-10-14-28(20)24(31)34-25(2,3)4/h12,20H,6-11,13-18H2,1-5H3/q+1/t20-,29?/m0/s1. The number of carbonyl (C=O) groups is 2. The second-order valence-corrected chi connectivity index (χ2v) is 11.3. The van der Waals surface area contributed by atoms with Crippen molar-refractivity contribution in [3.05, 3.63) is 11.8 Å². The van der Waals surface area contributed by atoms with Crippen LogP contribution in [0.25, 0.3) is 5.57 Å². The molecule has 1 saturated heterocycles. The van der Waals surface area contributed by atoms with Crippen molar-refractivity contribution in [1.29, 1.82) is 0 Å². The Morgan fingerprint density at radius 2 is 2.03 bits per heavy atom. The highest BCUT2D eigenvalue weighted by Crippen LogP contribution is 2.30. The lowest BCUT2D eigenvalue weighted by molar-refractivity contribution is -0.919. The molecular weight excluding hydrogens is 468 g/mol. The van der Waals surface area contributed by atoms with Gasteiger partial charge in [0.05, 0.1) is 31.9 Å². The monoisotopic (exact) mass is 509 g/mol. The van der Waals surface area contributed by atoms with Gasteiger partial charge in [-0.15, -0.1) is 4.37 Å². The molecule has 2 aliphatic rings. The molecule has 196 valence electrons. The number of quaternary nitrogens is 1. The third kappa shape index (κ3) is 7.90. The fourth-order valence-electron chi connectivity index (χ4n) is 4.42. The first-order chi connectivity index (χ1) is 16.6. The number of aromatic nitrogens is 2. The molecule has 1 unspecified atom stereocenters. The number of amides is 1. The molecule has 3 heterocycles. The molecule has 1 fully saturated rings. The number of unbranched alkanes of at least 4 members (excludes halogenated alkanes) is 3. The Morgan fingerprint density at radius 1 is 1.23 bits per heavy atom. The molecule has 0 aliphatic carbocycles. The highest BCUT2D eigenvalue weighted by molar-refractivity contribution is 6.99. The van der Waals surface area contributed by atoms with E-state index < -0.39 is 17.7 Å². The van der Waals surface area contributed by atoms with Crippen molar-refractivity contribution in [2.75, 3.05) is 40.0 Å².